The first-order valence-corrected chi connectivity index (χ1v) is 4.34. The molecule has 2 atom stereocenters. The van der Waals surface area contributed by atoms with Gasteiger partial charge >= 0.3 is 6.18 Å². The van der Waals surface area contributed by atoms with E-state index in [-0.39, 0.29) is 18.8 Å². The van der Waals surface area contributed by atoms with Crippen LogP contribution in [0.5, 0.6) is 0 Å². The van der Waals surface area contributed by atoms with Gasteiger partial charge in [0.1, 0.15) is 0 Å². The number of nitrogens with two attached hydrogens (primary N) is 1. The lowest BCUT2D eigenvalue weighted by Gasteiger charge is -2.23. The van der Waals surface area contributed by atoms with Crippen molar-refractivity contribution in [3.05, 3.63) is 0 Å². The lowest BCUT2D eigenvalue weighted by atomic mass is 9.95. The van der Waals surface area contributed by atoms with Crippen molar-refractivity contribution >= 4 is 12.4 Å². The van der Waals surface area contributed by atoms with Crippen LogP contribution in [-0.4, -0.2) is 12.2 Å². The van der Waals surface area contributed by atoms with Gasteiger partial charge in [0.15, 0.2) is 0 Å². The first kappa shape index (κ1) is 13.0. The second-order valence-corrected chi connectivity index (χ2v) is 3.45. The number of hydrogen-bond donors (Lipinski definition) is 1. The summed E-state index contributed by atoms with van der Waals surface area (Å²) in [7, 11) is 0. The number of rotatable bonds is 0. The number of alkyl halides is 3. The van der Waals surface area contributed by atoms with Gasteiger partial charge in [0.25, 0.3) is 0 Å². The summed E-state index contributed by atoms with van der Waals surface area (Å²) in [5, 5.41) is 0. The largest absolute Gasteiger partial charge is 0.393 e. The van der Waals surface area contributed by atoms with Crippen molar-refractivity contribution in [2.75, 3.05) is 0 Å². The summed E-state index contributed by atoms with van der Waals surface area (Å²) in [5.41, 5.74) is 5.45. The molecule has 1 nitrogen and oxygen atoms in total. The maximum atomic E-state index is 12.3. The minimum absolute atomic E-state index is 0. The summed E-state index contributed by atoms with van der Waals surface area (Å²) < 4.78 is 36.9. The van der Waals surface area contributed by atoms with Crippen molar-refractivity contribution in [1.29, 1.82) is 0 Å². The monoisotopic (exact) mass is 217 g/mol. The number of halogens is 4. The summed E-state index contributed by atoms with van der Waals surface area (Å²) >= 11 is 0. The van der Waals surface area contributed by atoms with Gasteiger partial charge in [0, 0.05) is 6.04 Å². The molecule has 0 radical (unpaired) electrons. The number of hydrogen-bond acceptors (Lipinski definition) is 1. The predicted molar refractivity (Wildman–Crippen MR) is 47.9 cm³/mol. The fraction of sp³-hybridized carbons (Fsp3) is 1.00. The normalized spacial score (nSPS) is 30.5. The van der Waals surface area contributed by atoms with E-state index >= 15 is 0 Å². The van der Waals surface area contributed by atoms with E-state index in [1.54, 1.807) is 0 Å². The van der Waals surface area contributed by atoms with Crippen molar-refractivity contribution in [3.8, 4) is 0 Å². The quantitative estimate of drug-likeness (QED) is 0.621. The second-order valence-electron chi connectivity index (χ2n) is 3.45. The van der Waals surface area contributed by atoms with E-state index in [1.807, 2.05) is 0 Å². The zero-order chi connectivity index (χ0) is 9.19. The van der Waals surface area contributed by atoms with Crippen LogP contribution in [0.15, 0.2) is 0 Å². The molecule has 0 aromatic carbocycles. The fourth-order valence-electron chi connectivity index (χ4n) is 1.74. The van der Waals surface area contributed by atoms with E-state index in [9.17, 15) is 13.2 Å². The van der Waals surface area contributed by atoms with Crippen LogP contribution in [0.3, 0.4) is 0 Å². The summed E-state index contributed by atoms with van der Waals surface area (Å²) in [4.78, 5) is 0. The van der Waals surface area contributed by atoms with Crippen LogP contribution < -0.4 is 5.73 Å². The van der Waals surface area contributed by atoms with Gasteiger partial charge < -0.3 is 5.73 Å². The Kier molecular flexibility index (Phi) is 5.07. The highest BCUT2D eigenvalue weighted by Crippen LogP contribution is 2.35. The van der Waals surface area contributed by atoms with Crippen molar-refractivity contribution < 1.29 is 13.2 Å². The summed E-state index contributed by atoms with van der Waals surface area (Å²) in [6.45, 7) is 0. The van der Waals surface area contributed by atoms with Crippen molar-refractivity contribution in [2.24, 2.45) is 11.7 Å². The van der Waals surface area contributed by atoms with Gasteiger partial charge in [-0.3, -0.25) is 0 Å². The van der Waals surface area contributed by atoms with E-state index in [2.05, 4.69) is 0 Å². The van der Waals surface area contributed by atoms with Gasteiger partial charge in [-0.05, 0) is 12.8 Å². The molecule has 0 bridgehead atoms. The van der Waals surface area contributed by atoms with Crippen LogP contribution >= 0.6 is 12.4 Å². The first-order valence-electron chi connectivity index (χ1n) is 4.34. The van der Waals surface area contributed by atoms with Gasteiger partial charge in [-0.15, -0.1) is 12.4 Å². The summed E-state index contributed by atoms with van der Waals surface area (Å²) in [6.07, 6.45) is -0.968. The van der Waals surface area contributed by atoms with E-state index in [0.717, 1.165) is 12.8 Å². The lowest BCUT2D eigenvalue weighted by Crippen LogP contribution is -2.38. The van der Waals surface area contributed by atoms with Crippen molar-refractivity contribution in [2.45, 2.75) is 44.3 Å². The molecule has 1 fully saturated rings. The van der Waals surface area contributed by atoms with Crippen LogP contribution in [-0.2, 0) is 0 Å². The zero-order valence-corrected chi connectivity index (χ0v) is 8.13. The molecular weight excluding hydrogens is 203 g/mol. The molecule has 1 saturated carbocycles. The third-order valence-electron chi connectivity index (χ3n) is 2.49. The van der Waals surface area contributed by atoms with Crippen LogP contribution in [0.4, 0.5) is 13.2 Å². The standard InChI is InChI=1S/C8H14F3N.ClH/c9-8(10,11)6-4-2-1-3-5-7(6)12;/h6-7H,1-5,12H2;1H/t6-,7+;/m1./s1. The molecule has 0 aromatic heterocycles. The van der Waals surface area contributed by atoms with Gasteiger partial charge in [-0.2, -0.15) is 13.2 Å². The highest BCUT2D eigenvalue weighted by atomic mass is 35.5. The Hall–Kier alpha value is 0.0400. The Balaban J connectivity index is 0.00000144. The SMILES string of the molecule is Cl.N[C@H]1CCCCC[C@H]1C(F)(F)F. The Morgan fingerprint density at radius 3 is 2.08 bits per heavy atom. The van der Waals surface area contributed by atoms with Crippen LogP contribution in [0.25, 0.3) is 0 Å². The predicted octanol–water partition coefficient (Wildman–Crippen LogP) is 2.88. The Labute approximate surface area is 82.3 Å². The summed E-state index contributed by atoms with van der Waals surface area (Å²) in [5.74, 6) is -1.26. The molecule has 1 aliphatic rings. The third kappa shape index (κ3) is 3.73. The Morgan fingerprint density at radius 2 is 1.54 bits per heavy atom. The van der Waals surface area contributed by atoms with E-state index in [4.69, 9.17) is 5.73 Å². The second kappa shape index (κ2) is 5.05. The fourth-order valence-corrected chi connectivity index (χ4v) is 1.74. The molecule has 80 valence electrons. The van der Waals surface area contributed by atoms with Gasteiger partial charge in [0.2, 0.25) is 0 Å². The minimum Gasteiger partial charge on any atom is -0.327 e. The summed E-state index contributed by atoms with van der Waals surface area (Å²) in [6, 6.07) is -0.674. The molecule has 0 spiro atoms. The topological polar surface area (TPSA) is 26.0 Å². The Morgan fingerprint density at radius 1 is 1.00 bits per heavy atom. The lowest BCUT2D eigenvalue weighted by molar-refractivity contribution is -0.181. The minimum atomic E-state index is -4.09. The molecule has 0 aromatic rings. The van der Waals surface area contributed by atoms with Gasteiger partial charge in [-0.25, -0.2) is 0 Å². The molecule has 1 aliphatic carbocycles. The molecule has 5 heteroatoms. The molecule has 2 N–H and O–H groups in total. The molecule has 0 aliphatic heterocycles. The molecule has 13 heavy (non-hydrogen) atoms. The molecule has 1 rings (SSSR count). The first-order chi connectivity index (χ1) is 5.52. The highest BCUT2D eigenvalue weighted by Gasteiger charge is 2.43. The van der Waals surface area contributed by atoms with Crippen LogP contribution in [0.1, 0.15) is 32.1 Å². The smallest absolute Gasteiger partial charge is 0.327 e. The maximum absolute atomic E-state index is 12.3. The average Bonchev–Trinajstić information content (AvgIpc) is 2.11. The van der Waals surface area contributed by atoms with E-state index < -0.39 is 18.1 Å². The third-order valence-corrected chi connectivity index (χ3v) is 2.49. The molecule has 0 amide bonds. The Bertz CT molecular complexity index is 149. The molecule has 0 saturated heterocycles. The van der Waals surface area contributed by atoms with Crippen LogP contribution in [0, 0.1) is 5.92 Å². The van der Waals surface area contributed by atoms with Gasteiger partial charge in [-0.1, -0.05) is 19.3 Å². The van der Waals surface area contributed by atoms with Crippen LogP contribution in [0.2, 0.25) is 0 Å². The van der Waals surface area contributed by atoms with E-state index in [0.29, 0.717) is 12.8 Å². The van der Waals surface area contributed by atoms with Crippen molar-refractivity contribution in [3.63, 3.8) is 0 Å². The highest BCUT2D eigenvalue weighted by molar-refractivity contribution is 5.85. The average molecular weight is 218 g/mol. The van der Waals surface area contributed by atoms with Crippen molar-refractivity contribution in [1.82, 2.24) is 0 Å². The van der Waals surface area contributed by atoms with Gasteiger partial charge in [0.05, 0.1) is 5.92 Å². The molecule has 0 heterocycles. The molecular formula is C8H15ClF3N. The maximum Gasteiger partial charge on any atom is 0.393 e. The zero-order valence-electron chi connectivity index (χ0n) is 7.31. The molecule has 0 unspecified atom stereocenters. The van der Waals surface area contributed by atoms with E-state index in [1.165, 1.54) is 0 Å².